The Kier molecular flexibility index (Phi) is 7.85. The van der Waals surface area contributed by atoms with Crippen LogP contribution in [0, 0.1) is 0 Å². The maximum Gasteiger partial charge on any atom is 0.0547 e. The van der Waals surface area contributed by atoms with Crippen LogP contribution in [-0.4, -0.2) is 4.57 Å². The van der Waals surface area contributed by atoms with Crippen molar-refractivity contribution in [1.29, 1.82) is 0 Å². The van der Waals surface area contributed by atoms with Crippen LogP contribution in [0.4, 0.5) is 17.1 Å². The maximum atomic E-state index is 2.43. The Balaban J connectivity index is 1.18. The summed E-state index contributed by atoms with van der Waals surface area (Å²) in [5.41, 5.74) is 14.0. The molecule has 2 heteroatoms. The molecule has 1 heterocycles. The smallest absolute Gasteiger partial charge is 0.0547 e. The lowest BCUT2D eigenvalue weighted by molar-refractivity contribution is 1.18. The van der Waals surface area contributed by atoms with Crippen LogP contribution in [0.5, 0.6) is 0 Å². The minimum absolute atomic E-state index is 1.11. The van der Waals surface area contributed by atoms with Gasteiger partial charge in [-0.15, -0.1) is 0 Å². The second-order valence-corrected chi connectivity index (χ2v) is 13.8. The molecular weight excluding hydrogens is 653 g/mol. The first kappa shape index (κ1) is 31.6. The zero-order chi connectivity index (χ0) is 35.8. The Hall–Kier alpha value is -7.16. The van der Waals surface area contributed by atoms with E-state index in [9.17, 15) is 0 Å². The van der Waals surface area contributed by atoms with E-state index in [4.69, 9.17) is 0 Å². The van der Waals surface area contributed by atoms with Crippen LogP contribution in [0.15, 0.2) is 218 Å². The summed E-state index contributed by atoms with van der Waals surface area (Å²) in [7, 11) is 0. The molecule has 0 bridgehead atoms. The number of rotatable bonds is 7. The van der Waals surface area contributed by atoms with Crippen molar-refractivity contribution in [2.75, 3.05) is 4.90 Å². The predicted octanol–water partition coefficient (Wildman–Crippen LogP) is 14.4. The number of fused-ring (bicyclic) bond motifs is 4. The van der Waals surface area contributed by atoms with E-state index in [1.165, 1.54) is 66.0 Å². The highest BCUT2D eigenvalue weighted by atomic mass is 15.1. The molecule has 0 saturated heterocycles. The standard InChI is InChI=1S/C52H36N2/c1-5-17-37(18-6-1)49-36-44(53(41-21-7-2-8-22-41)42-23-9-3-10-24-42)30-32-47(49)46-28-16-15-27-45(46)40-29-31-48-50-33-38-19-13-14-20-39(38)34-52(50)54(51(48)35-40)43-25-11-4-12-26-43/h1-36H. The average Bonchev–Trinajstić information content (AvgIpc) is 3.56. The Morgan fingerprint density at radius 1 is 0.296 bits per heavy atom. The first-order valence-corrected chi connectivity index (χ1v) is 18.5. The summed E-state index contributed by atoms with van der Waals surface area (Å²) in [6.07, 6.45) is 0. The van der Waals surface area contributed by atoms with E-state index in [-0.39, 0.29) is 0 Å². The third-order valence-corrected chi connectivity index (χ3v) is 10.6. The normalized spacial score (nSPS) is 11.3. The summed E-state index contributed by atoms with van der Waals surface area (Å²) in [5.74, 6) is 0. The molecule has 0 radical (unpaired) electrons. The van der Waals surface area contributed by atoms with E-state index in [1.807, 2.05) is 0 Å². The van der Waals surface area contributed by atoms with E-state index in [0.29, 0.717) is 0 Å². The summed E-state index contributed by atoms with van der Waals surface area (Å²) in [6.45, 7) is 0. The van der Waals surface area contributed by atoms with Crippen LogP contribution < -0.4 is 4.90 Å². The SMILES string of the molecule is c1ccc(-c2cc(N(c3ccccc3)c3ccccc3)ccc2-c2ccccc2-c2ccc3c4cc5ccccc5cc4n(-c4ccccc4)c3c2)cc1. The van der Waals surface area contributed by atoms with Crippen LogP contribution in [0.1, 0.15) is 0 Å². The monoisotopic (exact) mass is 688 g/mol. The topological polar surface area (TPSA) is 8.17 Å². The molecule has 2 nitrogen and oxygen atoms in total. The number of anilines is 3. The second kappa shape index (κ2) is 13.4. The highest BCUT2D eigenvalue weighted by Gasteiger charge is 2.19. The van der Waals surface area contributed by atoms with Gasteiger partial charge in [0.15, 0.2) is 0 Å². The molecule has 0 fully saturated rings. The number of nitrogens with zero attached hydrogens (tertiary/aromatic N) is 2. The van der Waals surface area contributed by atoms with Gasteiger partial charge in [0.25, 0.3) is 0 Å². The van der Waals surface area contributed by atoms with Crippen LogP contribution in [-0.2, 0) is 0 Å². The molecule has 254 valence electrons. The molecule has 0 atom stereocenters. The lowest BCUT2D eigenvalue weighted by Gasteiger charge is -2.27. The first-order chi connectivity index (χ1) is 26.8. The number of hydrogen-bond donors (Lipinski definition) is 0. The van der Waals surface area contributed by atoms with Gasteiger partial charge in [0, 0.05) is 33.5 Å². The molecular formula is C52H36N2. The largest absolute Gasteiger partial charge is 0.310 e. The Labute approximate surface area is 315 Å². The van der Waals surface area contributed by atoms with E-state index in [0.717, 1.165) is 22.7 Å². The van der Waals surface area contributed by atoms with E-state index < -0.39 is 0 Å². The summed E-state index contributed by atoms with van der Waals surface area (Å²) in [4.78, 5) is 2.34. The molecule has 0 aliphatic heterocycles. The van der Waals surface area contributed by atoms with Gasteiger partial charge in [0.1, 0.15) is 0 Å². The number of aromatic nitrogens is 1. The van der Waals surface area contributed by atoms with Crippen LogP contribution >= 0.6 is 0 Å². The predicted molar refractivity (Wildman–Crippen MR) is 229 cm³/mol. The van der Waals surface area contributed by atoms with Crippen molar-refractivity contribution in [3.63, 3.8) is 0 Å². The van der Waals surface area contributed by atoms with Crippen molar-refractivity contribution in [3.05, 3.63) is 218 Å². The van der Waals surface area contributed by atoms with Gasteiger partial charge < -0.3 is 9.47 Å². The fraction of sp³-hybridized carbons (Fsp3) is 0. The quantitative estimate of drug-likeness (QED) is 0.162. The van der Waals surface area contributed by atoms with E-state index in [2.05, 4.69) is 228 Å². The van der Waals surface area contributed by atoms with Crippen molar-refractivity contribution >= 4 is 49.6 Å². The van der Waals surface area contributed by atoms with Gasteiger partial charge in [-0.05, 0) is 111 Å². The van der Waals surface area contributed by atoms with E-state index >= 15 is 0 Å². The van der Waals surface area contributed by atoms with Crippen LogP contribution in [0.2, 0.25) is 0 Å². The Morgan fingerprint density at radius 2 is 0.833 bits per heavy atom. The number of benzene rings is 9. The highest BCUT2D eigenvalue weighted by Crippen LogP contribution is 2.44. The van der Waals surface area contributed by atoms with Gasteiger partial charge in [-0.3, -0.25) is 0 Å². The molecule has 0 unspecified atom stereocenters. The minimum Gasteiger partial charge on any atom is -0.310 e. The van der Waals surface area contributed by atoms with E-state index in [1.54, 1.807) is 0 Å². The summed E-state index contributed by atoms with van der Waals surface area (Å²) in [6, 6.07) is 78.9. The van der Waals surface area contributed by atoms with Gasteiger partial charge in [-0.2, -0.15) is 0 Å². The first-order valence-electron chi connectivity index (χ1n) is 18.5. The molecule has 0 amide bonds. The van der Waals surface area contributed by atoms with Crippen LogP contribution in [0.25, 0.3) is 71.6 Å². The van der Waals surface area contributed by atoms with Gasteiger partial charge in [0.05, 0.1) is 11.0 Å². The maximum absolute atomic E-state index is 2.43. The molecule has 1 aromatic heterocycles. The molecule has 10 rings (SSSR count). The fourth-order valence-corrected chi connectivity index (χ4v) is 8.06. The zero-order valence-corrected chi connectivity index (χ0v) is 29.7. The number of hydrogen-bond acceptors (Lipinski definition) is 1. The molecule has 9 aromatic carbocycles. The van der Waals surface area contributed by atoms with Gasteiger partial charge in [-0.25, -0.2) is 0 Å². The lowest BCUT2D eigenvalue weighted by atomic mass is 9.88. The van der Waals surface area contributed by atoms with Gasteiger partial charge in [0.2, 0.25) is 0 Å². The van der Waals surface area contributed by atoms with Gasteiger partial charge >= 0.3 is 0 Å². The van der Waals surface area contributed by atoms with Crippen molar-refractivity contribution < 1.29 is 0 Å². The van der Waals surface area contributed by atoms with Crippen molar-refractivity contribution in [1.82, 2.24) is 4.57 Å². The molecule has 0 aliphatic rings. The molecule has 54 heavy (non-hydrogen) atoms. The molecule has 0 N–H and O–H groups in total. The lowest BCUT2D eigenvalue weighted by Crippen LogP contribution is -2.10. The highest BCUT2D eigenvalue weighted by molar-refractivity contribution is 6.14. The van der Waals surface area contributed by atoms with Crippen molar-refractivity contribution in [3.8, 4) is 39.1 Å². The molecule has 0 spiro atoms. The molecule has 0 saturated carbocycles. The minimum atomic E-state index is 1.11. The summed E-state index contributed by atoms with van der Waals surface area (Å²) < 4.78 is 2.43. The summed E-state index contributed by atoms with van der Waals surface area (Å²) in [5, 5.41) is 5.00. The fourth-order valence-electron chi connectivity index (χ4n) is 8.06. The third-order valence-electron chi connectivity index (χ3n) is 10.6. The Bertz CT molecular complexity index is 2870. The van der Waals surface area contributed by atoms with Crippen molar-refractivity contribution in [2.45, 2.75) is 0 Å². The Morgan fingerprint density at radius 3 is 1.52 bits per heavy atom. The number of para-hydroxylation sites is 3. The summed E-state index contributed by atoms with van der Waals surface area (Å²) >= 11 is 0. The van der Waals surface area contributed by atoms with Crippen molar-refractivity contribution in [2.24, 2.45) is 0 Å². The van der Waals surface area contributed by atoms with Gasteiger partial charge in [-0.1, -0.05) is 152 Å². The average molecular weight is 689 g/mol. The molecule has 0 aliphatic carbocycles. The third kappa shape index (κ3) is 5.53. The van der Waals surface area contributed by atoms with Crippen LogP contribution in [0.3, 0.4) is 0 Å². The molecule has 10 aromatic rings. The zero-order valence-electron chi connectivity index (χ0n) is 29.7. The second-order valence-electron chi connectivity index (χ2n) is 13.8.